The van der Waals surface area contributed by atoms with Gasteiger partial charge in [-0.05, 0) is 93.4 Å². The van der Waals surface area contributed by atoms with Gasteiger partial charge in [-0.2, -0.15) is 0 Å². The van der Waals surface area contributed by atoms with Crippen LogP contribution in [0.3, 0.4) is 0 Å². The Kier molecular flexibility index (Phi) is 5.25. The summed E-state index contributed by atoms with van der Waals surface area (Å²) in [5, 5.41) is 0. The maximum absolute atomic E-state index is 6.99. The highest BCUT2D eigenvalue weighted by atomic mass is 16.5. The first-order valence-corrected chi connectivity index (χ1v) is 16.5. The van der Waals surface area contributed by atoms with Crippen molar-refractivity contribution in [2.75, 3.05) is 9.80 Å². The predicted octanol–water partition coefficient (Wildman–Crippen LogP) is 6.50. The van der Waals surface area contributed by atoms with E-state index in [4.69, 9.17) is 9.47 Å². The van der Waals surface area contributed by atoms with Gasteiger partial charge >= 0.3 is 0 Å². The van der Waals surface area contributed by atoms with E-state index >= 15 is 0 Å². The summed E-state index contributed by atoms with van der Waals surface area (Å²) in [7, 11) is 0. The molecule has 6 heteroatoms. The highest BCUT2D eigenvalue weighted by molar-refractivity contribution is 7.01. The molecular formula is C42H26B2N2O2. The molecule has 4 aliphatic rings. The van der Waals surface area contributed by atoms with E-state index in [-0.39, 0.29) is 13.4 Å². The van der Waals surface area contributed by atoms with E-state index in [1.165, 1.54) is 33.2 Å². The van der Waals surface area contributed by atoms with Crippen molar-refractivity contribution in [3.8, 4) is 23.0 Å². The van der Waals surface area contributed by atoms with Gasteiger partial charge in [0.2, 0.25) is 0 Å². The Labute approximate surface area is 279 Å². The van der Waals surface area contributed by atoms with Gasteiger partial charge in [-0.1, -0.05) is 97.1 Å². The molecule has 11 rings (SSSR count). The van der Waals surface area contributed by atoms with Crippen LogP contribution in [-0.4, -0.2) is 13.4 Å². The van der Waals surface area contributed by atoms with Gasteiger partial charge in [0.1, 0.15) is 11.5 Å². The molecule has 0 saturated carbocycles. The first-order valence-electron chi connectivity index (χ1n) is 16.5. The summed E-state index contributed by atoms with van der Waals surface area (Å²) in [4.78, 5) is 4.73. The predicted molar refractivity (Wildman–Crippen MR) is 198 cm³/mol. The van der Waals surface area contributed by atoms with Crippen molar-refractivity contribution in [3.05, 3.63) is 158 Å². The molecule has 4 heterocycles. The van der Waals surface area contributed by atoms with Crippen LogP contribution in [0.5, 0.6) is 23.0 Å². The van der Waals surface area contributed by atoms with Gasteiger partial charge in [-0.15, -0.1) is 0 Å². The highest BCUT2D eigenvalue weighted by Crippen LogP contribution is 2.45. The molecule has 0 N–H and O–H groups in total. The second kappa shape index (κ2) is 9.69. The first kappa shape index (κ1) is 26.0. The Bertz CT molecular complexity index is 2280. The molecule has 0 amide bonds. The molecule has 4 nitrogen and oxygen atoms in total. The van der Waals surface area contributed by atoms with Crippen LogP contribution in [0.4, 0.5) is 34.1 Å². The zero-order chi connectivity index (χ0) is 31.3. The molecule has 0 radical (unpaired) electrons. The zero-order valence-corrected chi connectivity index (χ0v) is 25.9. The Morgan fingerprint density at radius 1 is 0.333 bits per heavy atom. The van der Waals surface area contributed by atoms with E-state index in [9.17, 15) is 0 Å². The summed E-state index contributed by atoms with van der Waals surface area (Å²) in [5.41, 5.74) is 14.1. The van der Waals surface area contributed by atoms with Gasteiger partial charge in [-0.3, -0.25) is 0 Å². The van der Waals surface area contributed by atoms with Crippen LogP contribution < -0.4 is 52.1 Å². The minimum Gasteiger partial charge on any atom is -0.454 e. The number of nitrogens with zero attached hydrogens (tertiary/aromatic N) is 2. The fraction of sp³-hybridized carbons (Fsp3) is 0. The van der Waals surface area contributed by atoms with Gasteiger partial charge < -0.3 is 19.3 Å². The topological polar surface area (TPSA) is 24.9 Å². The number of hydrogen-bond acceptors (Lipinski definition) is 4. The lowest BCUT2D eigenvalue weighted by Gasteiger charge is -2.42. The number of para-hydroxylation sites is 4. The molecule has 7 aromatic rings. The third-order valence-corrected chi connectivity index (χ3v) is 10.4. The molecular weight excluding hydrogens is 586 g/mol. The maximum Gasteiger partial charge on any atom is 0.256 e. The maximum atomic E-state index is 6.99. The molecule has 0 aromatic heterocycles. The number of hydrogen-bond donors (Lipinski definition) is 0. The number of fused-ring (bicyclic) bond motifs is 9. The normalized spacial score (nSPS) is 14.0. The monoisotopic (exact) mass is 612 g/mol. The fourth-order valence-electron chi connectivity index (χ4n) is 8.49. The van der Waals surface area contributed by atoms with Crippen molar-refractivity contribution in [2.45, 2.75) is 0 Å². The Morgan fingerprint density at radius 2 is 0.729 bits per heavy atom. The van der Waals surface area contributed by atoms with E-state index in [2.05, 4.69) is 168 Å². The summed E-state index contributed by atoms with van der Waals surface area (Å²) in [6, 6.07) is 56.2. The Balaban J connectivity index is 1.13. The van der Waals surface area contributed by atoms with Gasteiger partial charge in [-0.25, -0.2) is 0 Å². The molecule has 7 aromatic carbocycles. The van der Waals surface area contributed by atoms with Crippen molar-refractivity contribution < 1.29 is 9.47 Å². The standard InChI is InChI=1S/C42H26B2N2O2/c1-3-13-27(14-4-1)45-33-19-9-7-17-29(33)43-31-25-26-32-42(41(31)47-37-23-11-21-35(45)39(37)43)48-38-24-12-22-36-40(38)44(32)30-18-8-10-20-34(30)46(36)28-15-5-2-6-16-28/h1-26H. The van der Waals surface area contributed by atoms with Crippen molar-refractivity contribution in [3.63, 3.8) is 0 Å². The molecule has 0 aliphatic carbocycles. The lowest BCUT2D eigenvalue weighted by molar-refractivity contribution is 0.424. The SMILES string of the molecule is c1ccc(N2c3ccccc3B3c4ccc5c(c4Oc4cccc2c43)Oc2cccc3c2B5c2ccccc2N3c2ccccc2)cc1. The first-order chi connectivity index (χ1) is 23.8. The van der Waals surface area contributed by atoms with Crippen molar-refractivity contribution in [1.82, 2.24) is 0 Å². The van der Waals surface area contributed by atoms with Crippen LogP contribution in [0.2, 0.25) is 0 Å². The molecule has 0 spiro atoms. The molecule has 0 saturated heterocycles. The summed E-state index contributed by atoms with van der Waals surface area (Å²) in [5.74, 6) is 3.36. The number of ether oxygens (including phenoxy) is 2. The summed E-state index contributed by atoms with van der Waals surface area (Å²) >= 11 is 0. The van der Waals surface area contributed by atoms with E-state index in [0.717, 1.165) is 56.7 Å². The van der Waals surface area contributed by atoms with Crippen LogP contribution in [0.25, 0.3) is 0 Å². The Hall–Kier alpha value is -6.13. The molecule has 0 fully saturated rings. The second-order valence-corrected chi connectivity index (χ2v) is 12.8. The molecule has 0 atom stereocenters. The fourth-order valence-corrected chi connectivity index (χ4v) is 8.49. The third kappa shape index (κ3) is 3.41. The lowest BCUT2D eigenvalue weighted by atomic mass is 9.32. The number of anilines is 6. The smallest absolute Gasteiger partial charge is 0.256 e. The zero-order valence-electron chi connectivity index (χ0n) is 25.9. The summed E-state index contributed by atoms with van der Waals surface area (Å²) < 4.78 is 14.0. The van der Waals surface area contributed by atoms with Gasteiger partial charge in [0.05, 0.1) is 0 Å². The van der Waals surface area contributed by atoms with Crippen LogP contribution >= 0.6 is 0 Å². The van der Waals surface area contributed by atoms with Crippen LogP contribution in [0.1, 0.15) is 0 Å². The van der Waals surface area contributed by atoms with Crippen LogP contribution in [-0.2, 0) is 0 Å². The third-order valence-electron chi connectivity index (χ3n) is 10.4. The van der Waals surface area contributed by atoms with Crippen LogP contribution in [0, 0.1) is 0 Å². The number of rotatable bonds is 2. The largest absolute Gasteiger partial charge is 0.454 e. The molecule has 4 aliphatic heterocycles. The van der Waals surface area contributed by atoms with Crippen LogP contribution in [0.15, 0.2) is 158 Å². The summed E-state index contributed by atoms with van der Waals surface area (Å²) in [6.45, 7) is 0.00918. The van der Waals surface area contributed by atoms with E-state index in [0.29, 0.717) is 0 Å². The van der Waals surface area contributed by atoms with Gasteiger partial charge in [0.15, 0.2) is 11.5 Å². The van der Waals surface area contributed by atoms with Crippen molar-refractivity contribution in [1.29, 1.82) is 0 Å². The average Bonchev–Trinajstić information content (AvgIpc) is 3.15. The van der Waals surface area contributed by atoms with Gasteiger partial charge in [0, 0.05) is 34.1 Å². The Morgan fingerprint density at radius 3 is 1.19 bits per heavy atom. The summed E-state index contributed by atoms with van der Waals surface area (Å²) in [6.07, 6.45) is 0. The lowest BCUT2D eigenvalue weighted by Crippen LogP contribution is -2.62. The van der Waals surface area contributed by atoms with Crippen molar-refractivity contribution >= 4 is 80.3 Å². The minimum absolute atomic E-state index is 0.00459. The molecule has 0 bridgehead atoms. The number of benzene rings is 7. The average molecular weight is 612 g/mol. The van der Waals surface area contributed by atoms with Crippen molar-refractivity contribution in [2.24, 2.45) is 0 Å². The van der Waals surface area contributed by atoms with Gasteiger partial charge in [0.25, 0.3) is 13.4 Å². The highest BCUT2D eigenvalue weighted by Gasteiger charge is 2.47. The van der Waals surface area contributed by atoms with E-state index < -0.39 is 0 Å². The molecule has 222 valence electrons. The molecule has 48 heavy (non-hydrogen) atoms. The van der Waals surface area contributed by atoms with E-state index in [1.54, 1.807) is 0 Å². The minimum atomic E-state index is 0.00459. The quantitative estimate of drug-likeness (QED) is 0.209. The van der Waals surface area contributed by atoms with E-state index in [1.807, 2.05) is 0 Å². The molecule has 0 unspecified atom stereocenters. The second-order valence-electron chi connectivity index (χ2n) is 12.8.